The maximum absolute atomic E-state index is 3.33. The van der Waals surface area contributed by atoms with Gasteiger partial charge in [-0.2, -0.15) is 0 Å². The Balaban J connectivity index is 2.46. The molecule has 0 atom stereocenters. The molecule has 0 radical (unpaired) electrons. The van der Waals surface area contributed by atoms with Gasteiger partial charge in [0.15, 0.2) is 0 Å². The van der Waals surface area contributed by atoms with E-state index in [1.165, 1.54) is 11.1 Å². The summed E-state index contributed by atoms with van der Waals surface area (Å²) in [5.41, 5.74) is 2.88. The monoisotopic (exact) mass is 177 g/mol. The van der Waals surface area contributed by atoms with Crippen LogP contribution in [0.25, 0.3) is 0 Å². The number of rotatable bonds is 5. The van der Waals surface area contributed by atoms with E-state index in [2.05, 4.69) is 43.4 Å². The summed E-state index contributed by atoms with van der Waals surface area (Å²) in [5, 5.41) is 3.33. The quantitative estimate of drug-likeness (QED) is 0.681. The first kappa shape index (κ1) is 10.3. The summed E-state index contributed by atoms with van der Waals surface area (Å²) in [6.07, 6.45) is 2.27. The summed E-state index contributed by atoms with van der Waals surface area (Å²) in [6, 6.07) is 8.85. The number of nitrogens with one attached hydrogen (secondary N) is 1. The molecular formula is C12H19N. The summed E-state index contributed by atoms with van der Waals surface area (Å²) in [4.78, 5) is 0. The second kappa shape index (κ2) is 5.76. The molecule has 13 heavy (non-hydrogen) atoms. The Morgan fingerprint density at radius 2 is 1.92 bits per heavy atom. The fourth-order valence-electron chi connectivity index (χ4n) is 1.41. The molecule has 1 rings (SSSR count). The van der Waals surface area contributed by atoms with Gasteiger partial charge in [0.05, 0.1) is 0 Å². The van der Waals surface area contributed by atoms with Crippen LogP contribution in [-0.4, -0.2) is 13.1 Å². The molecule has 0 amide bonds. The first-order chi connectivity index (χ1) is 6.36. The standard InChI is InChI=1S/C12H19N/c1-3-11-6-5-7-12(10-11)8-9-13-4-2/h5-7,10,13H,3-4,8-9H2,1-2H3. The predicted octanol–water partition coefficient (Wildman–Crippen LogP) is 2.40. The van der Waals surface area contributed by atoms with Gasteiger partial charge in [-0.25, -0.2) is 0 Å². The third-order valence-corrected chi connectivity index (χ3v) is 2.24. The van der Waals surface area contributed by atoms with Gasteiger partial charge in [0.1, 0.15) is 0 Å². The van der Waals surface area contributed by atoms with E-state index in [0.717, 1.165) is 25.9 Å². The highest BCUT2D eigenvalue weighted by Gasteiger charge is 1.93. The third-order valence-electron chi connectivity index (χ3n) is 2.24. The second-order valence-corrected chi connectivity index (χ2v) is 3.28. The molecule has 1 aromatic carbocycles. The van der Waals surface area contributed by atoms with Gasteiger partial charge < -0.3 is 5.32 Å². The van der Waals surface area contributed by atoms with Crippen LogP contribution in [0, 0.1) is 0 Å². The van der Waals surface area contributed by atoms with Crippen LogP contribution in [0.3, 0.4) is 0 Å². The van der Waals surface area contributed by atoms with E-state index in [9.17, 15) is 0 Å². The molecule has 1 nitrogen and oxygen atoms in total. The molecule has 0 aliphatic carbocycles. The molecule has 1 N–H and O–H groups in total. The zero-order valence-corrected chi connectivity index (χ0v) is 8.64. The van der Waals surface area contributed by atoms with Crippen molar-refractivity contribution in [3.8, 4) is 0 Å². The van der Waals surface area contributed by atoms with E-state index in [4.69, 9.17) is 0 Å². The van der Waals surface area contributed by atoms with Crippen molar-refractivity contribution >= 4 is 0 Å². The third kappa shape index (κ3) is 3.60. The minimum absolute atomic E-state index is 1.06. The summed E-state index contributed by atoms with van der Waals surface area (Å²) in [6.45, 7) is 6.49. The van der Waals surface area contributed by atoms with Crippen molar-refractivity contribution in [2.24, 2.45) is 0 Å². The Morgan fingerprint density at radius 3 is 2.62 bits per heavy atom. The highest BCUT2D eigenvalue weighted by atomic mass is 14.8. The molecule has 0 aliphatic heterocycles. The van der Waals surface area contributed by atoms with Crippen molar-refractivity contribution in [2.45, 2.75) is 26.7 Å². The molecule has 0 aliphatic rings. The summed E-state index contributed by atoms with van der Waals surface area (Å²) < 4.78 is 0. The van der Waals surface area contributed by atoms with Gasteiger partial charge in [0.25, 0.3) is 0 Å². The van der Waals surface area contributed by atoms with Crippen molar-refractivity contribution in [1.82, 2.24) is 5.32 Å². The van der Waals surface area contributed by atoms with E-state index < -0.39 is 0 Å². The lowest BCUT2D eigenvalue weighted by atomic mass is 10.1. The zero-order chi connectivity index (χ0) is 9.52. The largest absolute Gasteiger partial charge is 0.317 e. The minimum atomic E-state index is 1.06. The Morgan fingerprint density at radius 1 is 1.15 bits per heavy atom. The lowest BCUT2D eigenvalue weighted by molar-refractivity contribution is 0.716. The number of benzene rings is 1. The maximum Gasteiger partial charge on any atom is -0.000847 e. The van der Waals surface area contributed by atoms with Crippen LogP contribution in [0.15, 0.2) is 24.3 Å². The van der Waals surface area contributed by atoms with Gasteiger partial charge in [0.2, 0.25) is 0 Å². The van der Waals surface area contributed by atoms with Crippen LogP contribution in [0.2, 0.25) is 0 Å². The lowest BCUT2D eigenvalue weighted by Crippen LogP contribution is -2.16. The average molecular weight is 177 g/mol. The van der Waals surface area contributed by atoms with Crippen molar-refractivity contribution in [3.63, 3.8) is 0 Å². The molecule has 0 bridgehead atoms. The van der Waals surface area contributed by atoms with E-state index >= 15 is 0 Å². The van der Waals surface area contributed by atoms with E-state index in [-0.39, 0.29) is 0 Å². The molecule has 0 unspecified atom stereocenters. The van der Waals surface area contributed by atoms with Gasteiger partial charge in [-0.15, -0.1) is 0 Å². The van der Waals surface area contributed by atoms with Gasteiger partial charge in [-0.1, -0.05) is 38.1 Å². The molecule has 0 spiro atoms. The fourth-order valence-corrected chi connectivity index (χ4v) is 1.41. The van der Waals surface area contributed by atoms with Crippen LogP contribution in [0.4, 0.5) is 0 Å². The normalized spacial score (nSPS) is 10.3. The van der Waals surface area contributed by atoms with E-state index in [1.54, 1.807) is 0 Å². The van der Waals surface area contributed by atoms with Gasteiger partial charge in [0, 0.05) is 0 Å². The summed E-state index contributed by atoms with van der Waals surface area (Å²) >= 11 is 0. The Hall–Kier alpha value is -0.820. The minimum Gasteiger partial charge on any atom is -0.317 e. The first-order valence-corrected chi connectivity index (χ1v) is 5.15. The molecule has 0 saturated heterocycles. The lowest BCUT2D eigenvalue weighted by Gasteiger charge is -2.03. The first-order valence-electron chi connectivity index (χ1n) is 5.15. The van der Waals surface area contributed by atoms with E-state index in [1.807, 2.05) is 0 Å². The molecule has 0 fully saturated rings. The fraction of sp³-hybridized carbons (Fsp3) is 0.500. The summed E-state index contributed by atoms with van der Waals surface area (Å²) in [5.74, 6) is 0. The summed E-state index contributed by atoms with van der Waals surface area (Å²) in [7, 11) is 0. The SMILES string of the molecule is CCNCCc1cccc(CC)c1. The molecule has 1 aromatic rings. The van der Waals surface area contributed by atoms with Crippen molar-refractivity contribution < 1.29 is 0 Å². The van der Waals surface area contributed by atoms with Crippen LogP contribution < -0.4 is 5.32 Å². The van der Waals surface area contributed by atoms with Gasteiger partial charge >= 0.3 is 0 Å². The van der Waals surface area contributed by atoms with Crippen molar-refractivity contribution in [3.05, 3.63) is 35.4 Å². The highest BCUT2D eigenvalue weighted by Crippen LogP contribution is 2.05. The van der Waals surface area contributed by atoms with Crippen LogP contribution in [-0.2, 0) is 12.8 Å². The maximum atomic E-state index is 3.33. The topological polar surface area (TPSA) is 12.0 Å². The Labute approximate surface area is 81.2 Å². The number of hydrogen-bond acceptors (Lipinski definition) is 1. The Bertz CT molecular complexity index is 243. The second-order valence-electron chi connectivity index (χ2n) is 3.28. The molecule has 72 valence electrons. The number of likely N-dealkylation sites (N-methyl/N-ethyl adjacent to an activating group) is 1. The predicted molar refractivity (Wildman–Crippen MR) is 58.1 cm³/mol. The molecule has 0 saturated carbocycles. The van der Waals surface area contributed by atoms with Crippen LogP contribution in [0.1, 0.15) is 25.0 Å². The van der Waals surface area contributed by atoms with Gasteiger partial charge in [-0.3, -0.25) is 0 Å². The smallest absolute Gasteiger partial charge is 0.000847 e. The van der Waals surface area contributed by atoms with Crippen molar-refractivity contribution in [1.29, 1.82) is 0 Å². The molecule has 0 heterocycles. The van der Waals surface area contributed by atoms with Crippen molar-refractivity contribution in [2.75, 3.05) is 13.1 Å². The number of hydrogen-bond donors (Lipinski definition) is 1. The Kier molecular flexibility index (Phi) is 4.55. The average Bonchev–Trinajstić information content (AvgIpc) is 2.19. The van der Waals surface area contributed by atoms with Gasteiger partial charge in [-0.05, 0) is 37.1 Å². The molecule has 1 heteroatoms. The number of aryl methyl sites for hydroxylation is 1. The highest BCUT2D eigenvalue weighted by molar-refractivity contribution is 5.23. The molecular weight excluding hydrogens is 158 g/mol. The zero-order valence-electron chi connectivity index (χ0n) is 8.64. The van der Waals surface area contributed by atoms with Crippen LogP contribution in [0.5, 0.6) is 0 Å². The van der Waals surface area contributed by atoms with E-state index in [0.29, 0.717) is 0 Å². The van der Waals surface area contributed by atoms with Crippen LogP contribution >= 0.6 is 0 Å². The molecule has 0 aromatic heterocycles.